The molecule has 3 heteroatoms. The minimum Gasteiger partial charge on any atom is -0.477 e. The molecule has 0 fully saturated rings. The maximum absolute atomic E-state index is 5.13. The van der Waals surface area contributed by atoms with E-state index in [4.69, 9.17) is 4.74 Å². The van der Waals surface area contributed by atoms with E-state index in [0.717, 1.165) is 12.1 Å². The molecule has 0 spiro atoms. The number of ether oxygens (including phenoxy) is 1. The zero-order valence-electron chi connectivity index (χ0n) is 6.87. The van der Waals surface area contributed by atoms with Crippen molar-refractivity contribution in [2.75, 3.05) is 6.61 Å². The van der Waals surface area contributed by atoms with Gasteiger partial charge in [-0.15, -0.1) is 0 Å². The number of hydrogen-bond donors (Lipinski definition) is 0. The summed E-state index contributed by atoms with van der Waals surface area (Å²) in [7, 11) is 0. The predicted molar refractivity (Wildman–Crippen MR) is 42.6 cm³/mol. The standard InChI is InChI=1S/C8H12N2O/c1-3-7-5-10-8(6-9-7)11-4-2/h5-6H,3-4H2,1-2H3. The Kier molecular flexibility index (Phi) is 2.83. The van der Waals surface area contributed by atoms with Crippen molar-refractivity contribution in [2.45, 2.75) is 20.3 Å². The largest absolute Gasteiger partial charge is 0.477 e. The first-order valence-corrected chi connectivity index (χ1v) is 3.80. The average molecular weight is 152 g/mol. The highest BCUT2D eigenvalue weighted by Gasteiger charge is 1.93. The average Bonchev–Trinajstić information content (AvgIpc) is 2.07. The molecule has 0 saturated carbocycles. The number of aryl methyl sites for hydroxylation is 1. The van der Waals surface area contributed by atoms with Crippen LogP contribution in [0.2, 0.25) is 0 Å². The van der Waals surface area contributed by atoms with Crippen molar-refractivity contribution < 1.29 is 4.74 Å². The molecule has 1 rings (SSSR count). The second kappa shape index (κ2) is 3.91. The van der Waals surface area contributed by atoms with Crippen LogP contribution in [0.5, 0.6) is 5.88 Å². The van der Waals surface area contributed by atoms with Crippen LogP contribution in [-0.4, -0.2) is 16.6 Å². The van der Waals surface area contributed by atoms with E-state index in [-0.39, 0.29) is 0 Å². The summed E-state index contributed by atoms with van der Waals surface area (Å²) in [5.74, 6) is 0.602. The van der Waals surface area contributed by atoms with Crippen LogP contribution in [0.1, 0.15) is 19.5 Å². The monoisotopic (exact) mass is 152 g/mol. The molecule has 1 aromatic heterocycles. The maximum Gasteiger partial charge on any atom is 0.232 e. The molecule has 1 aromatic rings. The molecule has 0 aromatic carbocycles. The number of rotatable bonds is 3. The molecule has 0 atom stereocenters. The molecular weight excluding hydrogens is 140 g/mol. The van der Waals surface area contributed by atoms with Crippen LogP contribution < -0.4 is 4.74 Å². The Morgan fingerprint density at radius 1 is 1.27 bits per heavy atom. The van der Waals surface area contributed by atoms with Gasteiger partial charge < -0.3 is 4.74 Å². The molecule has 0 aliphatic heterocycles. The second-order valence-electron chi connectivity index (χ2n) is 2.13. The van der Waals surface area contributed by atoms with Crippen LogP contribution in [-0.2, 0) is 6.42 Å². The van der Waals surface area contributed by atoms with Gasteiger partial charge in [0.05, 0.1) is 24.7 Å². The van der Waals surface area contributed by atoms with Crippen molar-refractivity contribution >= 4 is 0 Å². The van der Waals surface area contributed by atoms with Crippen molar-refractivity contribution in [1.82, 2.24) is 9.97 Å². The second-order valence-corrected chi connectivity index (χ2v) is 2.13. The smallest absolute Gasteiger partial charge is 0.232 e. The fourth-order valence-electron chi connectivity index (χ4n) is 0.748. The van der Waals surface area contributed by atoms with E-state index in [1.807, 2.05) is 13.8 Å². The zero-order chi connectivity index (χ0) is 8.10. The Hall–Kier alpha value is -1.12. The van der Waals surface area contributed by atoms with Crippen LogP contribution in [0.15, 0.2) is 12.4 Å². The van der Waals surface area contributed by atoms with Gasteiger partial charge in [0.2, 0.25) is 5.88 Å². The molecule has 0 radical (unpaired) electrons. The first-order valence-electron chi connectivity index (χ1n) is 3.80. The van der Waals surface area contributed by atoms with E-state index in [1.165, 1.54) is 0 Å². The van der Waals surface area contributed by atoms with E-state index in [1.54, 1.807) is 12.4 Å². The van der Waals surface area contributed by atoms with Crippen LogP contribution >= 0.6 is 0 Å². The third-order valence-electron chi connectivity index (χ3n) is 1.34. The van der Waals surface area contributed by atoms with Crippen molar-refractivity contribution in [2.24, 2.45) is 0 Å². The number of aromatic nitrogens is 2. The molecule has 60 valence electrons. The van der Waals surface area contributed by atoms with Crippen molar-refractivity contribution in [3.8, 4) is 5.88 Å². The molecule has 1 heterocycles. The summed E-state index contributed by atoms with van der Waals surface area (Å²) in [5, 5.41) is 0. The molecule has 0 aliphatic carbocycles. The molecule has 0 unspecified atom stereocenters. The summed E-state index contributed by atoms with van der Waals surface area (Å²) >= 11 is 0. The van der Waals surface area contributed by atoms with Gasteiger partial charge in [0.15, 0.2) is 0 Å². The summed E-state index contributed by atoms with van der Waals surface area (Å²) < 4.78 is 5.13. The molecule has 0 bridgehead atoms. The highest BCUT2D eigenvalue weighted by atomic mass is 16.5. The molecule has 3 nitrogen and oxygen atoms in total. The summed E-state index contributed by atoms with van der Waals surface area (Å²) in [6, 6.07) is 0. The van der Waals surface area contributed by atoms with Gasteiger partial charge in [-0.1, -0.05) is 6.92 Å². The number of hydrogen-bond acceptors (Lipinski definition) is 3. The molecule has 11 heavy (non-hydrogen) atoms. The van der Waals surface area contributed by atoms with Crippen molar-refractivity contribution in [3.63, 3.8) is 0 Å². The Balaban J connectivity index is 2.66. The third kappa shape index (κ3) is 2.18. The van der Waals surface area contributed by atoms with Gasteiger partial charge in [0.1, 0.15) is 0 Å². The Morgan fingerprint density at radius 2 is 2.09 bits per heavy atom. The van der Waals surface area contributed by atoms with E-state index in [9.17, 15) is 0 Å². The van der Waals surface area contributed by atoms with E-state index < -0.39 is 0 Å². The molecule has 0 saturated heterocycles. The topological polar surface area (TPSA) is 35.0 Å². The van der Waals surface area contributed by atoms with Gasteiger partial charge in [-0.05, 0) is 13.3 Å². The summed E-state index contributed by atoms with van der Waals surface area (Å²) in [4.78, 5) is 8.18. The lowest BCUT2D eigenvalue weighted by molar-refractivity contribution is 0.325. The van der Waals surface area contributed by atoms with Crippen LogP contribution in [0, 0.1) is 0 Å². The minimum absolute atomic E-state index is 0.602. The van der Waals surface area contributed by atoms with Gasteiger partial charge in [0, 0.05) is 0 Å². The minimum atomic E-state index is 0.602. The van der Waals surface area contributed by atoms with E-state index in [0.29, 0.717) is 12.5 Å². The SMILES string of the molecule is CCOc1cnc(CC)cn1. The fourth-order valence-corrected chi connectivity index (χ4v) is 0.748. The summed E-state index contributed by atoms with van der Waals surface area (Å²) in [5.41, 5.74) is 0.994. The van der Waals surface area contributed by atoms with Gasteiger partial charge in [0.25, 0.3) is 0 Å². The lowest BCUT2D eigenvalue weighted by Gasteiger charge is -2.00. The lowest BCUT2D eigenvalue weighted by atomic mass is 10.4. The van der Waals surface area contributed by atoms with Crippen LogP contribution in [0.4, 0.5) is 0 Å². The Bertz CT molecular complexity index is 208. The van der Waals surface area contributed by atoms with Crippen LogP contribution in [0.3, 0.4) is 0 Å². The summed E-state index contributed by atoms with van der Waals surface area (Å²) in [6.07, 6.45) is 4.31. The zero-order valence-corrected chi connectivity index (χ0v) is 6.87. The van der Waals surface area contributed by atoms with E-state index in [2.05, 4.69) is 9.97 Å². The third-order valence-corrected chi connectivity index (χ3v) is 1.34. The summed E-state index contributed by atoms with van der Waals surface area (Å²) in [6.45, 7) is 4.61. The first kappa shape index (κ1) is 7.98. The molecule has 0 aliphatic rings. The Morgan fingerprint density at radius 3 is 2.55 bits per heavy atom. The van der Waals surface area contributed by atoms with Gasteiger partial charge in [-0.3, -0.25) is 4.98 Å². The molecule has 0 N–H and O–H groups in total. The first-order chi connectivity index (χ1) is 5.36. The van der Waals surface area contributed by atoms with Crippen molar-refractivity contribution in [1.29, 1.82) is 0 Å². The van der Waals surface area contributed by atoms with Gasteiger partial charge >= 0.3 is 0 Å². The quantitative estimate of drug-likeness (QED) is 0.657. The van der Waals surface area contributed by atoms with Crippen LogP contribution in [0.25, 0.3) is 0 Å². The normalized spacial score (nSPS) is 9.64. The lowest BCUT2D eigenvalue weighted by Crippen LogP contribution is -1.96. The van der Waals surface area contributed by atoms with Crippen molar-refractivity contribution in [3.05, 3.63) is 18.1 Å². The highest BCUT2D eigenvalue weighted by Crippen LogP contribution is 2.03. The highest BCUT2D eigenvalue weighted by molar-refractivity contribution is 5.06. The van der Waals surface area contributed by atoms with Gasteiger partial charge in [-0.2, -0.15) is 0 Å². The van der Waals surface area contributed by atoms with Gasteiger partial charge in [-0.25, -0.2) is 4.98 Å². The fraction of sp³-hybridized carbons (Fsp3) is 0.500. The number of nitrogens with zero attached hydrogens (tertiary/aromatic N) is 2. The molecular formula is C8H12N2O. The Labute approximate surface area is 66.4 Å². The maximum atomic E-state index is 5.13. The van der Waals surface area contributed by atoms with E-state index >= 15 is 0 Å². The predicted octanol–water partition coefficient (Wildman–Crippen LogP) is 1.44. The molecule has 0 amide bonds.